The van der Waals surface area contributed by atoms with E-state index in [0.717, 1.165) is 11.1 Å². The molecule has 1 heterocycles. The number of hydrogen-bond acceptors (Lipinski definition) is 5. The lowest BCUT2D eigenvalue weighted by Gasteiger charge is -2.39. The Balaban J connectivity index is 1.32. The molecule has 0 bridgehead atoms. The van der Waals surface area contributed by atoms with Gasteiger partial charge >= 0.3 is 0 Å². The van der Waals surface area contributed by atoms with Gasteiger partial charge in [-0.25, -0.2) is 0 Å². The molecule has 2 unspecified atom stereocenters. The molecule has 1 saturated heterocycles. The van der Waals surface area contributed by atoms with Gasteiger partial charge in [-0.1, -0.05) is 91.0 Å². The predicted molar refractivity (Wildman–Crippen MR) is 133 cm³/mol. The number of nitrogens with zero attached hydrogens (tertiary/aromatic N) is 1. The van der Waals surface area contributed by atoms with Crippen LogP contribution in [-0.2, 0) is 16.8 Å². The summed E-state index contributed by atoms with van der Waals surface area (Å²) in [6.45, 7) is 1.91. The largest absolute Gasteiger partial charge is 0.389 e. The van der Waals surface area contributed by atoms with Gasteiger partial charge in [-0.2, -0.15) is 0 Å². The highest BCUT2D eigenvalue weighted by atomic mass is 16.5. The maximum atomic E-state index is 13.1. The van der Waals surface area contributed by atoms with Crippen LogP contribution in [0.25, 0.3) is 0 Å². The van der Waals surface area contributed by atoms with E-state index in [4.69, 9.17) is 4.74 Å². The molecule has 1 aliphatic rings. The molecule has 0 amide bonds. The second-order valence-electron chi connectivity index (χ2n) is 9.09. The van der Waals surface area contributed by atoms with E-state index in [-0.39, 0.29) is 12.4 Å². The highest BCUT2D eigenvalue weighted by Crippen LogP contribution is 2.32. The SMILES string of the molecule is O=C(c1ccccc1)C(Cc1ccccc1)OCC(O)CN1CCC(O)(c2ccccc2)CC1. The minimum Gasteiger partial charge on any atom is -0.389 e. The molecule has 0 saturated carbocycles. The van der Waals surface area contributed by atoms with Crippen molar-refractivity contribution in [1.29, 1.82) is 0 Å². The number of Topliss-reactive ketones (excluding diaryl/α,β-unsaturated/α-hetero) is 1. The molecule has 4 rings (SSSR count). The summed E-state index contributed by atoms with van der Waals surface area (Å²) in [4.78, 5) is 15.3. The first kappa shape index (κ1) is 24.3. The standard InChI is InChI=1S/C29H33NO4/c31-26(21-30-18-16-29(33,17-19-30)25-14-8-3-9-15-25)22-34-27(20-23-10-4-1-5-11-23)28(32)24-12-6-2-7-13-24/h1-15,26-27,31,33H,16-22H2. The maximum Gasteiger partial charge on any atom is 0.191 e. The summed E-state index contributed by atoms with van der Waals surface area (Å²) in [6.07, 6.45) is 0.310. The molecule has 0 radical (unpaired) electrons. The second-order valence-corrected chi connectivity index (χ2v) is 9.09. The van der Waals surface area contributed by atoms with Crippen molar-refractivity contribution in [1.82, 2.24) is 4.90 Å². The Bertz CT molecular complexity index is 1020. The van der Waals surface area contributed by atoms with Gasteiger partial charge in [-0.05, 0) is 24.0 Å². The number of aliphatic hydroxyl groups excluding tert-OH is 1. The van der Waals surface area contributed by atoms with Crippen LogP contribution in [0.2, 0.25) is 0 Å². The van der Waals surface area contributed by atoms with Crippen LogP contribution >= 0.6 is 0 Å². The van der Waals surface area contributed by atoms with E-state index in [9.17, 15) is 15.0 Å². The number of likely N-dealkylation sites (tertiary alicyclic amines) is 1. The van der Waals surface area contributed by atoms with Crippen molar-refractivity contribution in [3.63, 3.8) is 0 Å². The van der Waals surface area contributed by atoms with Gasteiger partial charge in [0, 0.05) is 31.6 Å². The van der Waals surface area contributed by atoms with Gasteiger partial charge in [0.05, 0.1) is 18.3 Å². The van der Waals surface area contributed by atoms with Gasteiger partial charge in [-0.3, -0.25) is 4.79 Å². The number of rotatable bonds is 10. The Morgan fingerprint density at radius 2 is 1.44 bits per heavy atom. The Morgan fingerprint density at radius 1 is 0.882 bits per heavy atom. The van der Waals surface area contributed by atoms with Crippen LogP contribution in [0.3, 0.4) is 0 Å². The molecule has 2 atom stereocenters. The quantitative estimate of drug-likeness (QED) is 0.451. The summed E-state index contributed by atoms with van der Waals surface area (Å²) in [5.41, 5.74) is 1.75. The first-order valence-electron chi connectivity index (χ1n) is 12.0. The van der Waals surface area contributed by atoms with Gasteiger partial charge in [0.2, 0.25) is 0 Å². The van der Waals surface area contributed by atoms with E-state index >= 15 is 0 Å². The first-order valence-corrected chi connectivity index (χ1v) is 12.0. The number of β-amino-alcohol motifs (C(OH)–C–C–N with tert-alkyl or cyclic N) is 1. The summed E-state index contributed by atoms with van der Waals surface area (Å²) < 4.78 is 6.00. The molecule has 5 nitrogen and oxygen atoms in total. The van der Waals surface area contributed by atoms with Crippen LogP contribution in [-0.4, -0.2) is 59.3 Å². The van der Waals surface area contributed by atoms with E-state index in [1.165, 1.54) is 0 Å². The number of aliphatic hydroxyl groups is 2. The fraction of sp³-hybridized carbons (Fsp3) is 0.345. The molecule has 0 aromatic heterocycles. The van der Waals surface area contributed by atoms with Crippen molar-refractivity contribution in [2.45, 2.75) is 37.1 Å². The monoisotopic (exact) mass is 459 g/mol. The Labute approximate surface area is 201 Å². The van der Waals surface area contributed by atoms with Crippen LogP contribution in [0.5, 0.6) is 0 Å². The summed E-state index contributed by atoms with van der Waals surface area (Å²) >= 11 is 0. The lowest BCUT2D eigenvalue weighted by molar-refractivity contribution is -0.0483. The molecule has 3 aromatic carbocycles. The van der Waals surface area contributed by atoms with Crippen molar-refractivity contribution in [3.8, 4) is 0 Å². The Hall–Kier alpha value is -2.83. The number of benzene rings is 3. The first-order chi connectivity index (χ1) is 16.5. The number of hydrogen-bond donors (Lipinski definition) is 2. The van der Waals surface area contributed by atoms with Crippen LogP contribution in [0, 0.1) is 0 Å². The Kier molecular flexibility index (Phi) is 8.25. The number of ketones is 1. The van der Waals surface area contributed by atoms with Crippen molar-refractivity contribution < 1.29 is 19.7 Å². The minimum absolute atomic E-state index is 0.0789. The van der Waals surface area contributed by atoms with Crippen LogP contribution < -0.4 is 0 Å². The Morgan fingerprint density at radius 3 is 2.06 bits per heavy atom. The van der Waals surface area contributed by atoms with Gasteiger partial charge in [0.15, 0.2) is 5.78 Å². The molecule has 5 heteroatoms. The second kappa shape index (κ2) is 11.5. The fourth-order valence-corrected chi connectivity index (χ4v) is 4.56. The minimum atomic E-state index is -0.817. The maximum absolute atomic E-state index is 13.1. The molecule has 178 valence electrons. The van der Waals surface area contributed by atoms with Gasteiger partial charge in [-0.15, -0.1) is 0 Å². The molecule has 1 fully saturated rings. The summed E-state index contributed by atoms with van der Waals surface area (Å²) in [6, 6.07) is 28.7. The van der Waals surface area contributed by atoms with E-state index in [1.807, 2.05) is 78.9 Å². The number of ether oxygens (including phenoxy) is 1. The molecule has 0 aliphatic carbocycles. The van der Waals surface area contributed by atoms with Crippen molar-refractivity contribution in [2.24, 2.45) is 0 Å². The third-order valence-electron chi connectivity index (χ3n) is 6.57. The van der Waals surface area contributed by atoms with E-state index in [0.29, 0.717) is 44.5 Å². The zero-order valence-electron chi connectivity index (χ0n) is 19.4. The van der Waals surface area contributed by atoms with Crippen molar-refractivity contribution >= 4 is 5.78 Å². The van der Waals surface area contributed by atoms with Crippen LogP contribution in [0.1, 0.15) is 34.3 Å². The van der Waals surface area contributed by atoms with Gasteiger partial charge in [0.25, 0.3) is 0 Å². The third-order valence-corrected chi connectivity index (χ3v) is 6.57. The molecule has 2 N–H and O–H groups in total. The third kappa shape index (κ3) is 6.39. The molecule has 1 aliphatic heterocycles. The normalized spacial score (nSPS) is 17.7. The number of carbonyl (C=O) groups is 1. The van der Waals surface area contributed by atoms with Crippen LogP contribution in [0.15, 0.2) is 91.0 Å². The van der Waals surface area contributed by atoms with Gasteiger partial charge in [0.1, 0.15) is 6.10 Å². The van der Waals surface area contributed by atoms with E-state index in [1.54, 1.807) is 12.1 Å². The molecular formula is C29H33NO4. The average Bonchev–Trinajstić information content (AvgIpc) is 2.89. The summed E-state index contributed by atoms with van der Waals surface area (Å²) in [5.74, 6) is -0.0810. The average molecular weight is 460 g/mol. The molecular weight excluding hydrogens is 426 g/mol. The highest BCUT2D eigenvalue weighted by Gasteiger charge is 2.34. The van der Waals surface area contributed by atoms with Gasteiger partial charge < -0.3 is 19.8 Å². The van der Waals surface area contributed by atoms with E-state index in [2.05, 4.69) is 4.90 Å². The smallest absolute Gasteiger partial charge is 0.191 e. The van der Waals surface area contributed by atoms with Crippen molar-refractivity contribution in [2.75, 3.05) is 26.2 Å². The predicted octanol–water partition coefficient (Wildman–Crippen LogP) is 3.84. The zero-order chi connectivity index (χ0) is 23.8. The molecule has 34 heavy (non-hydrogen) atoms. The number of piperidine rings is 1. The zero-order valence-corrected chi connectivity index (χ0v) is 19.4. The fourth-order valence-electron chi connectivity index (χ4n) is 4.56. The highest BCUT2D eigenvalue weighted by molar-refractivity contribution is 5.99. The number of carbonyl (C=O) groups excluding carboxylic acids is 1. The lowest BCUT2D eigenvalue weighted by atomic mass is 9.84. The topological polar surface area (TPSA) is 70.0 Å². The van der Waals surface area contributed by atoms with Crippen LogP contribution in [0.4, 0.5) is 0 Å². The summed E-state index contributed by atoms with van der Waals surface area (Å²) in [5, 5.41) is 21.7. The van der Waals surface area contributed by atoms with E-state index < -0.39 is 17.8 Å². The molecule has 0 spiro atoms. The molecule has 3 aromatic rings. The summed E-state index contributed by atoms with van der Waals surface area (Å²) in [7, 11) is 0. The lowest BCUT2D eigenvalue weighted by Crippen LogP contribution is -2.46. The van der Waals surface area contributed by atoms with Crippen molar-refractivity contribution in [3.05, 3.63) is 108 Å².